The van der Waals surface area contributed by atoms with Crippen molar-refractivity contribution < 1.29 is 4.79 Å². The molecule has 2 N–H and O–H groups in total. The largest absolute Gasteiger partial charge is 0.323 e. The van der Waals surface area contributed by atoms with Crippen LogP contribution in [-0.2, 0) is 6.42 Å². The van der Waals surface area contributed by atoms with Crippen LogP contribution in [0.25, 0.3) is 0 Å². The lowest BCUT2D eigenvalue weighted by molar-refractivity contribution is 0.262. The molecule has 0 aliphatic heterocycles. The van der Waals surface area contributed by atoms with Gasteiger partial charge in [-0.25, -0.2) is 4.79 Å². The zero-order chi connectivity index (χ0) is 14.4. The number of rotatable bonds is 3. The van der Waals surface area contributed by atoms with Crippen LogP contribution in [0.5, 0.6) is 0 Å². The molecule has 0 saturated carbocycles. The SMILES string of the molecule is CCc1ccccc1NC(=O)Nc1ccc(C#N)cc1. The van der Waals surface area contributed by atoms with Gasteiger partial charge < -0.3 is 10.6 Å². The van der Waals surface area contributed by atoms with Crippen LogP contribution >= 0.6 is 0 Å². The van der Waals surface area contributed by atoms with Gasteiger partial charge in [0.05, 0.1) is 11.6 Å². The van der Waals surface area contributed by atoms with Crippen LogP contribution in [0, 0.1) is 11.3 Å². The van der Waals surface area contributed by atoms with Crippen LogP contribution in [-0.4, -0.2) is 6.03 Å². The van der Waals surface area contributed by atoms with Crippen LogP contribution in [0.2, 0.25) is 0 Å². The highest BCUT2D eigenvalue weighted by Crippen LogP contribution is 2.16. The van der Waals surface area contributed by atoms with Crippen LogP contribution in [0.4, 0.5) is 16.2 Å². The lowest BCUT2D eigenvalue weighted by Crippen LogP contribution is -2.20. The second-order valence-corrected chi connectivity index (χ2v) is 4.28. The van der Waals surface area contributed by atoms with Crippen molar-refractivity contribution in [1.82, 2.24) is 0 Å². The Morgan fingerprint density at radius 2 is 1.80 bits per heavy atom. The van der Waals surface area contributed by atoms with E-state index in [4.69, 9.17) is 5.26 Å². The molecule has 2 amide bonds. The number of benzene rings is 2. The molecule has 0 unspecified atom stereocenters. The number of nitrogens with one attached hydrogen (secondary N) is 2. The fourth-order valence-corrected chi connectivity index (χ4v) is 1.86. The molecule has 0 bridgehead atoms. The third-order valence-electron chi connectivity index (χ3n) is 2.92. The van der Waals surface area contributed by atoms with E-state index >= 15 is 0 Å². The van der Waals surface area contributed by atoms with Crippen molar-refractivity contribution in [3.8, 4) is 6.07 Å². The summed E-state index contributed by atoms with van der Waals surface area (Å²) < 4.78 is 0. The molecule has 0 aliphatic carbocycles. The number of hydrogen-bond donors (Lipinski definition) is 2. The summed E-state index contributed by atoms with van der Waals surface area (Å²) in [5.74, 6) is 0. The summed E-state index contributed by atoms with van der Waals surface area (Å²) in [6, 6.07) is 16.1. The predicted molar refractivity (Wildman–Crippen MR) is 79.6 cm³/mol. The number of amides is 2. The van der Waals surface area contributed by atoms with E-state index in [2.05, 4.69) is 10.6 Å². The van der Waals surface area contributed by atoms with Gasteiger partial charge in [0.15, 0.2) is 0 Å². The standard InChI is InChI=1S/C16H15N3O/c1-2-13-5-3-4-6-15(13)19-16(20)18-14-9-7-12(11-17)8-10-14/h3-10H,2H2,1H3,(H2,18,19,20). The zero-order valence-electron chi connectivity index (χ0n) is 11.2. The number of aryl methyl sites for hydroxylation is 1. The molecule has 0 heterocycles. The van der Waals surface area contributed by atoms with Crippen LogP contribution in [0.1, 0.15) is 18.1 Å². The number of carbonyl (C=O) groups is 1. The highest BCUT2D eigenvalue weighted by molar-refractivity contribution is 6.00. The second kappa shape index (κ2) is 6.39. The maximum Gasteiger partial charge on any atom is 0.323 e. The number of nitriles is 1. The minimum absolute atomic E-state index is 0.296. The summed E-state index contributed by atoms with van der Waals surface area (Å²) in [5, 5.41) is 14.3. The van der Waals surface area contributed by atoms with E-state index in [0.29, 0.717) is 11.3 Å². The third-order valence-corrected chi connectivity index (χ3v) is 2.92. The lowest BCUT2D eigenvalue weighted by atomic mass is 10.1. The smallest absolute Gasteiger partial charge is 0.308 e. The van der Waals surface area contributed by atoms with Gasteiger partial charge in [0.2, 0.25) is 0 Å². The molecule has 0 aromatic heterocycles. The maximum atomic E-state index is 11.9. The third kappa shape index (κ3) is 3.36. The molecule has 2 aromatic carbocycles. The van der Waals surface area contributed by atoms with Crippen LogP contribution in [0.3, 0.4) is 0 Å². The molecular weight excluding hydrogens is 250 g/mol. The predicted octanol–water partition coefficient (Wildman–Crippen LogP) is 3.76. The minimum atomic E-state index is -0.296. The van der Waals surface area contributed by atoms with E-state index in [9.17, 15) is 4.79 Å². The van der Waals surface area contributed by atoms with Crippen molar-refractivity contribution in [3.63, 3.8) is 0 Å². The summed E-state index contributed by atoms with van der Waals surface area (Å²) in [4.78, 5) is 11.9. The van der Waals surface area contributed by atoms with Gasteiger partial charge in [0.1, 0.15) is 0 Å². The molecule has 100 valence electrons. The quantitative estimate of drug-likeness (QED) is 0.887. The molecule has 0 fully saturated rings. The Hall–Kier alpha value is -2.80. The Morgan fingerprint density at radius 1 is 1.10 bits per heavy atom. The summed E-state index contributed by atoms with van der Waals surface area (Å²) >= 11 is 0. The number of para-hydroxylation sites is 1. The minimum Gasteiger partial charge on any atom is -0.308 e. The molecule has 4 heteroatoms. The number of hydrogen-bond acceptors (Lipinski definition) is 2. The Kier molecular flexibility index (Phi) is 4.35. The first-order chi connectivity index (χ1) is 9.72. The van der Waals surface area contributed by atoms with E-state index in [-0.39, 0.29) is 6.03 Å². The zero-order valence-corrected chi connectivity index (χ0v) is 11.2. The molecule has 20 heavy (non-hydrogen) atoms. The fraction of sp³-hybridized carbons (Fsp3) is 0.125. The average molecular weight is 265 g/mol. The maximum absolute atomic E-state index is 11.9. The van der Waals surface area contributed by atoms with E-state index in [1.807, 2.05) is 37.3 Å². The Morgan fingerprint density at radius 3 is 2.45 bits per heavy atom. The summed E-state index contributed by atoms with van der Waals surface area (Å²) in [6.45, 7) is 2.04. The first kappa shape index (κ1) is 13.6. The molecule has 0 saturated heterocycles. The van der Waals surface area contributed by atoms with Gasteiger partial charge in [-0.05, 0) is 42.3 Å². The van der Waals surface area contributed by atoms with Crippen LogP contribution in [0.15, 0.2) is 48.5 Å². The van der Waals surface area contributed by atoms with Gasteiger partial charge in [-0.15, -0.1) is 0 Å². The average Bonchev–Trinajstić information content (AvgIpc) is 2.48. The van der Waals surface area contributed by atoms with Gasteiger partial charge in [0, 0.05) is 11.4 Å². The fourth-order valence-electron chi connectivity index (χ4n) is 1.86. The number of urea groups is 1. The normalized spacial score (nSPS) is 9.60. The monoisotopic (exact) mass is 265 g/mol. The van der Waals surface area contributed by atoms with Crippen LogP contribution < -0.4 is 10.6 Å². The molecule has 2 aromatic rings. The number of nitrogens with zero attached hydrogens (tertiary/aromatic N) is 1. The first-order valence-electron chi connectivity index (χ1n) is 6.39. The van der Waals surface area contributed by atoms with Crippen molar-refractivity contribution in [3.05, 3.63) is 59.7 Å². The topological polar surface area (TPSA) is 64.9 Å². The summed E-state index contributed by atoms with van der Waals surface area (Å²) in [7, 11) is 0. The molecule has 0 atom stereocenters. The van der Waals surface area contributed by atoms with E-state index in [1.54, 1.807) is 24.3 Å². The molecule has 0 aliphatic rings. The van der Waals surface area contributed by atoms with E-state index < -0.39 is 0 Å². The molecular formula is C16H15N3O. The van der Waals surface area contributed by atoms with E-state index in [1.165, 1.54) is 0 Å². The molecule has 0 radical (unpaired) electrons. The van der Waals surface area contributed by atoms with Crippen molar-refractivity contribution >= 4 is 17.4 Å². The van der Waals surface area contributed by atoms with Gasteiger partial charge in [-0.2, -0.15) is 5.26 Å². The molecule has 0 spiro atoms. The van der Waals surface area contributed by atoms with Crippen molar-refractivity contribution in [2.75, 3.05) is 10.6 Å². The second-order valence-electron chi connectivity index (χ2n) is 4.28. The molecule has 2 rings (SSSR count). The van der Waals surface area contributed by atoms with Crippen molar-refractivity contribution in [2.24, 2.45) is 0 Å². The highest BCUT2D eigenvalue weighted by atomic mass is 16.2. The van der Waals surface area contributed by atoms with Gasteiger partial charge in [-0.3, -0.25) is 0 Å². The van der Waals surface area contributed by atoms with Gasteiger partial charge in [-0.1, -0.05) is 25.1 Å². The number of carbonyl (C=O) groups excluding carboxylic acids is 1. The first-order valence-corrected chi connectivity index (χ1v) is 6.39. The summed E-state index contributed by atoms with van der Waals surface area (Å²) in [5.41, 5.74) is 3.10. The lowest BCUT2D eigenvalue weighted by Gasteiger charge is -2.10. The Bertz CT molecular complexity index is 642. The Balaban J connectivity index is 2.03. The molecule has 4 nitrogen and oxygen atoms in total. The Labute approximate surface area is 118 Å². The number of anilines is 2. The highest BCUT2D eigenvalue weighted by Gasteiger charge is 2.05. The van der Waals surface area contributed by atoms with Crippen molar-refractivity contribution in [2.45, 2.75) is 13.3 Å². The van der Waals surface area contributed by atoms with Gasteiger partial charge >= 0.3 is 6.03 Å². The van der Waals surface area contributed by atoms with E-state index in [0.717, 1.165) is 17.7 Å². The van der Waals surface area contributed by atoms with Gasteiger partial charge in [0.25, 0.3) is 0 Å². The summed E-state index contributed by atoms with van der Waals surface area (Å²) in [6.07, 6.45) is 0.854. The van der Waals surface area contributed by atoms with Crippen molar-refractivity contribution in [1.29, 1.82) is 5.26 Å².